The number of carbonyl (C=O) groups excluding carboxylic acids is 1. The van der Waals surface area contributed by atoms with Gasteiger partial charge in [0.1, 0.15) is 6.04 Å². The maximum absolute atomic E-state index is 12.1. The zero-order chi connectivity index (χ0) is 17.6. The molecule has 2 rings (SSSR count). The molecule has 4 nitrogen and oxygen atoms in total. The average Bonchev–Trinajstić information content (AvgIpc) is 2.44. The van der Waals surface area contributed by atoms with Gasteiger partial charge in [-0.15, -0.1) is 0 Å². The van der Waals surface area contributed by atoms with Crippen molar-refractivity contribution in [2.45, 2.75) is 64.5 Å². The predicted octanol–water partition coefficient (Wildman–Crippen LogP) is 0.521. The van der Waals surface area contributed by atoms with Crippen molar-refractivity contribution < 1.29 is 9.90 Å². The zero-order valence-electron chi connectivity index (χ0n) is 15.2. The van der Waals surface area contributed by atoms with Crippen LogP contribution in [0.5, 0.6) is 0 Å². The maximum Gasteiger partial charge on any atom is 0.234 e. The van der Waals surface area contributed by atoms with Gasteiger partial charge in [-0.05, 0) is 27.1 Å². The van der Waals surface area contributed by atoms with Crippen molar-refractivity contribution in [1.82, 2.24) is 4.57 Å². The van der Waals surface area contributed by atoms with Crippen molar-refractivity contribution in [3.8, 4) is 0 Å². The number of benzene rings is 1. The normalized spacial score (nSPS) is 22.8. The minimum atomic E-state index is -0.982. The first-order valence-corrected chi connectivity index (χ1v) is 9.62. The van der Waals surface area contributed by atoms with Crippen molar-refractivity contribution in [2.24, 2.45) is 5.73 Å². The Morgan fingerprint density at radius 2 is 1.78 bits per heavy atom. The fourth-order valence-electron chi connectivity index (χ4n) is 3.46. The molecule has 1 aromatic rings. The number of nitrogens with zero attached hydrogens (tertiary/aromatic N) is 1. The second kappa shape index (κ2) is 6.04. The highest BCUT2D eigenvalue weighted by Crippen LogP contribution is 2.32. The Morgan fingerprint density at radius 3 is 2.26 bits per heavy atom. The molecule has 128 valence electrons. The molecule has 0 bridgehead atoms. The number of hydrogen-bond donors (Lipinski definition) is 2. The summed E-state index contributed by atoms with van der Waals surface area (Å²) in [7, 11) is -0.982. The number of amides is 1. The van der Waals surface area contributed by atoms with E-state index in [-0.39, 0.29) is 29.4 Å². The lowest BCUT2D eigenvalue weighted by Crippen LogP contribution is -2.72. The molecule has 2 atom stereocenters. The van der Waals surface area contributed by atoms with E-state index in [1.807, 2.05) is 4.57 Å². The first kappa shape index (κ1) is 18.2. The van der Waals surface area contributed by atoms with Gasteiger partial charge in [0.15, 0.2) is 9.68 Å². The second-order valence-corrected chi connectivity index (χ2v) is 10.3. The molecule has 1 amide bonds. The summed E-state index contributed by atoms with van der Waals surface area (Å²) in [5.41, 5.74) is 8.57. The highest BCUT2D eigenvalue weighted by Gasteiger charge is 2.44. The van der Waals surface area contributed by atoms with Crippen molar-refractivity contribution >= 4 is 20.8 Å². The Labute approximate surface area is 142 Å². The first-order valence-electron chi connectivity index (χ1n) is 8.28. The Balaban J connectivity index is 2.46. The summed E-state index contributed by atoms with van der Waals surface area (Å²) in [6.07, 6.45) is 0. The summed E-state index contributed by atoms with van der Waals surface area (Å²) in [4.78, 5) is 12.1. The lowest BCUT2D eigenvalue weighted by molar-refractivity contribution is -0.142. The number of aliphatic hydroxyl groups is 1. The predicted molar refractivity (Wildman–Crippen MR) is 97.7 cm³/mol. The van der Waals surface area contributed by atoms with E-state index in [1.165, 1.54) is 16.3 Å². The van der Waals surface area contributed by atoms with Gasteiger partial charge in [0, 0.05) is 0 Å². The molecule has 2 unspecified atom stereocenters. The summed E-state index contributed by atoms with van der Waals surface area (Å²) in [6.45, 7) is 13.3. The molecular weight excluding hydrogens is 304 g/mol. The van der Waals surface area contributed by atoms with Crippen LogP contribution in [-0.2, 0) is 15.6 Å². The average molecular weight is 335 g/mol. The fourth-order valence-corrected chi connectivity index (χ4v) is 5.90. The van der Waals surface area contributed by atoms with Crippen LogP contribution in [0.4, 0.5) is 0 Å². The lowest BCUT2D eigenvalue weighted by Gasteiger charge is -2.45. The minimum Gasteiger partial charge on any atom is -0.394 e. The molecule has 1 fully saturated rings. The van der Waals surface area contributed by atoms with E-state index >= 15 is 0 Å². The van der Waals surface area contributed by atoms with Crippen molar-refractivity contribution in [3.63, 3.8) is 0 Å². The lowest BCUT2D eigenvalue weighted by atomic mass is 9.75. The number of carbonyl (C=O) groups is 1. The molecule has 0 aliphatic carbocycles. The standard InChI is InChI=1S/C18H30N2O2Si/c1-17(2,3)11-8-7-9-13(14(11)18(4,5)6)23-20-12(10-21)15(19)16(20)22/h7-9,12,15,21H,10,19,23H2,1-6H3. The van der Waals surface area contributed by atoms with Crippen LogP contribution in [0.15, 0.2) is 18.2 Å². The SMILES string of the molecule is CC(C)(C)c1cccc([SiH2]N2C(=O)C(N)C2CO)c1C(C)(C)C. The van der Waals surface area contributed by atoms with E-state index in [1.54, 1.807) is 0 Å². The monoisotopic (exact) mass is 334 g/mol. The molecule has 1 heterocycles. The van der Waals surface area contributed by atoms with Crippen LogP contribution in [0.25, 0.3) is 0 Å². The third-order valence-electron chi connectivity index (χ3n) is 4.62. The van der Waals surface area contributed by atoms with E-state index in [0.717, 1.165) is 0 Å². The fraction of sp³-hybridized carbons (Fsp3) is 0.611. The van der Waals surface area contributed by atoms with Crippen LogP contribution in [0.3, 0.4) is 0 Å². The molecule has 1 saturated heterocycles. The molecule has 0 aromatic heterocycles. The van der Waals surface area contributed by atoms with Crippen molar-refractivity contribution in [2.75, 3.05) is 6.61 Å². The Hall–Kier alpha value is -1.17. The van der Waals surface area contributed by atoms with E-state index in [0.29, 0.717) is 0 Å². The maximum atomic E-state index is 12.1. The van der Waals surface area contributed by atoms with Gasteiger partial charge in [-0.2, -0.15) is 0 Å². The van der Waals surface area contributed by atoms with Crippen LogP contribution >= 0.6 is 0 Å². The molecular formula is C18H30N2O2Si. The van der Waals surface area contributed by atoms with Crippen molar-refractivity contribution in [3.05, 3.63) is 29.3 Å². The van der Waals surface area contributed by atoms with Crippen LogP contribution < -0.4 is 10.9 Å². The van der Waals surface area contributed by atoms with Crippen LogP contribution in [0.1, 0.15) is 52.7 Å². The molecule has 0 radical (unpaired) electrons. The number of hydrogen-bond acceptors (Lipinski definition) is 3. The van der Waals surface area contributed by atoms with Gasteiger partial charge in [-0.25, -0.2) is 0 Å². The number of rotatable bonds is 3. The molecule has 0 spiro atoms. The van der Waals surface area contributed by atoms with E-state index < -0.39 is 15.7 Å². The zero-order valence-corrected chi connectivity index (χ0v) is 16.6. The third kappa shape index (κ3) is 3.37. The van der Waals surface area contributed by atoms with Gasteiger partial charge >= 0.3 is 0 Å². The van der Waals surface area contributed by atoms with Gasteiger partial charge in [-0.3, -0.25) is 4.79 Å². The summed E-state index contributed by atoms with van der Waals surface area (Å²) in [6, 6.07) is 5.70. The Kier molecular flexibility index (Phi) is 4.77. The molecule has 23 heavy (non-hydrogen) atoms. The molecule has 0 saturated carbocycles. The topological polar surface area (TPSA) is 66.6 Å². The van der Waals surface area contributed by atoms with Crippen LogP contribution in [0.2, 0.25) is 0 Å². The van der Waals surface area contributed by atoms with Crippen molar-refractivity contribution in [1.29, 1.82) is 0 Å². The van der Waals surface area contributed by atoms with Crippen LogP contribution in [-0.4, -0.2) is 44.0 Å². The Morgan fingerprint density at radius 1 is 1.17 bits per heavy atom. The van der Waals surface area contributed by atoms with E-state index in [4.69, 9.17) is 5.73 Å². The van der Waals surface area contributed by atoms with E-state index in [2.05, 4.69) is 59.7 Å². The first-order chi connectivity index (χ1) is 10.5. The minimum absolute atomic E-state index is 0.0109. The highest BCUT2D eigenvalue weighted by molar-refractivity contribution is 6.55. The smallest absolute Gasteiger partial charge is 0.234 e. The van der Waals surface area contributed by atoms with Crippen LogP contribution in [0, 0.1) is 0 Å². The van der Waals surface area contributed by atoms with E-state index in [9.17, 15) is 9.90 Å². The summed E-state index contributed by atoms with van der Waals surface area (Å²) >= 11 is 0. The summed E-state index contributed by atoms with van der Waals surface area (Å²) < 4.78 is 1.84. The molecule has 5 heteroatoms. The molecule has 1 aliphatic rings. The van der Waals surface area contributed by atoms with Gasteiger partial charge < -0.3 is 15.4 Å². The number of nitrogens with two attached hydrogens (primary N) is 1. The van der Waals surface area contributed by atoms with Gasteiger partial charge in [0.25, 0.3) is 0 Å². The molecule has 1 aromatic carbocycles. The van der Waals surface area contributed by atoms with Gasteiger partial charge in [-0.1, -0.05) is 59.7 Å². The molecule has 1 aliphatic heterocycles. The third-order valence-corrected chi connectivity index (χ3v) is 6.67. The highest BCUT2D eigenvalue weighted by atomic mass is 28.2. The second-order valence-electron chi connectivity index (χ2n) is 8.58. The number of β-lactam (4-membered cyclic amide) rings is 1. The number of aliphatic hydroxyl groups excluding tert-OH is 1. The van der Waals surface area contributed by atoms with Gasteiger partial charge in [0.05, 0.1) is 12.6 Å². The molecule has 3 N–H and O–H groups in total. The summed E-state index contributed by atoms with van der Waals surface area (Å²) in [5, 5.41) is 10.8. The van der Waals surface area contributed by atoms with Gasteiger partial charge in [0.2, 0.25) is 5.91 Å². The largest absolute Gasteiger partial charge is 0.394 e. The quantitative estimate of drug-likeness (QED) is 0.626. The Bertz CT molecular complexity index is 602. The summed E-state index contributed by atoms with van der Waals surface area (Å²) in [5.74, 6) is -0.0169.